The van der Waals surface area contributed by atoms with Crippen LogP contribution in [-0.4, -0.2) is 25.0 Å². The maximum Gasteiger partial charge on any atom is 0.265 e. The third-order valence-electron chi connectivity index (χ3n) is 3.56. The summed E-state index contributed by atoms with van der Waals surface area (Å²) in [4.78, 5) is 25.7. The molecule has 0 bridgehead atoms. The fourth-order valence-electron chi connectivity index (χ4n) is 2.44. The Morgan fingerprint density at radius 3 is 2.92 bits per heavy atom. The van der Waals surface area contributed by atoms with E-state index in [4.69, 9.17) is 4.74 Å². The lowest BCUT2D eigenvalue weighted by Gasteiger charge is -2.28. The molecule has 0 saturated carbocycles. The van der Waals surface area contributed by atoms with E-state index in [0.29, 0.717) is 23.7 Å². The molecular weight excluding hydrogens is 311 g/mol. The smallest absolute Gasteiger partial charge is 0.265 e. The fourth-order valence-corrected chi connectivity index (χ4v) is 2.44. The Bertz CT molecular complexity index is 820. The highest BCUT2D eigenvalue weighted by molar-refractivity contribution is 6.05. The predicted octanol–water partition coefficient (Wildman–Crippen LogP) is 2.99. The van der Waals surface area contributed by atoms with Crippen LogP contribution in [0.2, 0.25) is 0 Å². The number of rotatable bonds is 4. The molecule has 0 atom stereocenters. The summed E-state index contributed by atoms with van der Waals surface area (Å²) in [6.45, 7) is 3.95. The van der Waals surface area contributed by atoms with Gasteiger partial charge in [-0.1, -0.05) is 12.1 Å². The van der Waals surface area contributed by atoms with Crippen LogP contribution >= 0.6 is 0 Å². The summed E-state index contributed by atoms with van der Waals surface area (Å²) in [6, 6.07) is 10.4. The molecule has 24 heavy (non-hydrogen) atoms. The number of ether oxygens (including phenoxy) is 1. The predicted molar refractivity (Wildman–Crippen MR) is 88.8 cm³/mol. The van der Waals surface area contributed by atoms with Crippen molar-refractivity contribution in [3.8, 4) is 5.75 Å². The van der Waals surface area contributed by atoms with Gasteiger partial charge in [0.15, 0.2) is 6.61 Å². The van der Waals surface area contributed by atoms with Crippen LogP contribution in [0.5, 0.6) is 5.75 Å². The summed E-state index contributed by atoms with van der Waals surface area (Å²) in [5.41, 5.74) is 1.25. The fraction of sp³-hybridized carbons (Fsp3) is 0.111. The minimum Gasteiger partial charge on any atom is -0.482 e. The number of nitrogens with zero attached hydrogens (tertiary/aromatic N) is 1. The monoisotopic (exact) mass is 326 g/mol. The van der Waals surface area contributed by atoms with Crippen molar-refractivity contribution in [1.82, 2.24) is 0 Å². The molecule has 1 N–H and O–H groups in total. The average molecular weight is 326 g/mol. The Hall–Kier alpha value is -3.15. The van der Waals surface area contributed by atoms with Gasteiger partial charge >= 0.3 is 0 Å². The molecule has 0 saturated heterocycles. The van der Waals surface area contributed by atoms with Crippen LogP contribution in [0.3, 0.4) is 0 Å². The third-order valence-corrected chi connectivity index (χ3v) is 3.56. The molecule has 0 radical (unpaired) electrons. The quantitative estimate of drug-likeness (QED) is 0.879. The van der Waals surface area contributed by atoms with Crippen molar-refractivity contribution in [2.45, 2.75) is 0 Å². The molecule has 0 fully saturated rings. The normalized spacial score (nSPS) is 13.0. The number of amides is 2. The second-order valence-electron chi connectivity index (χ2n) is 5.23. The summed E-state index contributed by atoms with van der Waals surface area (Å²) in [5, 5.41) is 2.69. The van der Waals surface area contributed by atoms with Gasteiger partial charge in [0.25, 0.3) is 11.8 Å². The average Bonchev–Trinajstić information content (AvgIpc) is 2.57. The molecule has 1 aliphatic rings. The molecule has 0 aromatic heterocycles. The van der Waals surface area contributed by atoms with Crippen LogP contribution < -0.4 is 15.0 Å². The second kappa shape index (κ2) is 6.54. The zero-order chi connectivity index (χ0) is 17.1. The summed E-state index contributed by atoms with van der Waals surface area (Å²) in [7, 11) is 0. The van der Waals surface area contributed by atoms with Gasteiger partial charge in [0.1, 0.15) is 11.6 Å². The van der Waals surface area contributed by atoms with Crippen molar-refractivity contribution in [1.29, 1.82) is 0 Å². The molecule has 1 heterocycles. The molecule has 2 amide bonds. The summed E-state index contributed by atoms with van der Waals surface area (Å²) in [5.74, 6) is -0.548. The first-order chi connectivity index (χ1) is 11.6. The lowest BCUT2D eigenvalue weighted by molar-refractivity contribution is -0.121. The minimum atomic E-state index is -0.482. The van der Waals surface area contributed by atoms with Crippen LogP contribution in [0.15, 0.2) is 55.1 Å². The van der Waals surface area contributed by atoms with Crippen LogP contribution in [-0.2, 0) is 4.79 Å². The summed E-state index contributed by atoms with van der Waals surface area (Å²) >= 11 is 0. The van der Waals surface area contributed by atoms with E-state index < -0.39 is 11.7 Å². The molecule has 122 valence electrons. The van der Waals surface area contributed by atoms with Crippen molar-refractivity contribution < 1.29 is 18.7 Å². The van der Waals surface area contributed by atoms with Crippen LogP contribution in [0, 0.1) is 5.82 Å². The first-order valence-corrected chi connectivity index (χ1v) is 7.33. The van der Waals surface area contributed by atoms with Crippen molar-refractivity contribution >= 4 is 23.2 Å². The number of carbonyl (C=O) groups is 2. The SMILES string of the molecule is C=CCN1C(=O)COc2ccc(NC(=O)c3cccc(F)c3)cc21. The summed E-state index contributed by atoms with van der Waals surface area (Å²) in [6.07, 6.45) is 1.62. The van der Waals surface area contributed by atoms with Gasteiger partial charge in [0.2, 0.25) is 0 Å². The number of hydrogen-bond acceptors (Lipinski definition) is 3. The molecule has 0 unspecified atom stereocenters. The highest BCUT2D eigenvalue weighted by Crippen LogP contribution is 2.34. The number of hydrogen-bond donors (Lipinski definition) is 1. The highest BCUT2D eigenvalue weighted by Gasteiger charge is 2.25. The number of nitrogens with one attached hydrogen (secondary N) is 1. The molecule has 2 aromatic rings. The first kappa shape index (κ1) is 15.7. The van der Waals surface area contributed by atoms with Crippen molar-refractivity contribution in [3.63, 3.8) is 0 Å². The Kier molecular flexibility index (Phi) is 4.29. The first-order valence-electron chi connectivity index (χ1n) is 7.33. The number of benzene rings is 2. The third kappa shape index (κ3) is 3.12. The molecular formula is C18H15FN2O3. The Balaban J connectivity index is 1.86. The number of fused-ring (bicyclic) bond motifs is 1. The second-order valence-corrected chi connectivity index (χ2v) is 5.23. The van der Waals surface area contributed by atoms with Gasteiger partial charge in [-0.25, -0.2) is 4.39 Å². The standard InChI is InChI=1S/C18H15FN2O3/c1-2-8-21-15-10-14(6-7-16(15)24-11-17(21)22)20-18(23)12-4-3-5-13(19)9-12/h2-7,9-10H,1,8,11H2,(H,20,23). The molecule has 6 heteroatoms. The van der Waals surface area contributed by atoms with Crippen LogP contribution in [0.1, 0.15) is 10.4 Å². The van der Waals surface area contributed by atoms with E-state index in [9.17, 15) is 14.0 Å². The molecule has 0 spiro atoms. The number of halogens is 1. The number of anilines is 2. The van der Waals surface area contributed by atoms with Gasteiger partial charge in [-0.3, -0.25) is 9.59 Å². The zero-order valence-electron chi connectivity index (χ0n) is 12.8. The van der Waals surface area contributed by atoms with Gasteiger partial charge in [0, 0.05) is 17.8 Å². The topological polar surface area (TPSA) is 58.6 Å². The molecule has 0 aliphatic carbocycles. The van der Waals surface area contributed by atoms with E-state index in [-0.39, 0.29) is 18.1 Å². The molecule has 1 aliphatic heterocycles. The van der Waals surface area contributed by atoms with Gasteiger partial charge in [-0.2, -0.15) is 0 Å². The Labute approximate surface area is 138 Å². The molecule has 5 nitrogen and oxygen atoms in total. The van der Waals surface area contributed by atoms with Gasteiger partial charge in [-0.15, -0.1) is 6.58 Å². The maximum absolute atomic E-state index is 13.2. The van der Waals surface area contributed by atoms with E-state index in [1.165, 1.54) is 23.1 Å². The van der Waals surface area contributed by atoms with Crippen LogP contribution in [0.4, 0.5) is 15.8 Å². The number of carbonyl (C=O) groups excluding carboxylic acids is 2. The Morgan fingerprint density at radius 1 is 1.33 bits per heavy atom. The zero-order valence-corrected chi connectivity index (χ0v) is 12.8. The lowest BCUT2D eigenvalue weighted by Crippen LogP contribution is -2.38. The van der Waals surface area contributed by atoms with E-state index in [1.807, 2.05) is 0 Å². The van der Waals surface area contributed by atoms with Crippen molar-refractivity contribution in [2.75, 3.05) is 23.4 Å². The summed E-state index contributed by atoms with van der Waals surface area (Å²) < 4.78 is 18.6. The lowest BCUT2D eigenvalue weighted by atomic mass is 10.1. The van der Waals surface area contributed by atoms with Gasteiger partial charge < -0.3 is 15.0 Å². The maximum atomic E-state index is 13.2. The molecule has 3 rings (SSSR count). The Morgan fingerprint density at radius 2 is 2.17 bits per heavy atom. The van der Waals surface area contributed by atoms with E-state index in [0.717, 1.165) is 6.07 Å². The largest absolute Gasteiger partial charge is 0.482 e. The van der Waals surface area contributed by atoms with E-state index >= 15 is 0 Å². The highest BCUT2D eigenvalue weighted by atomic mass is 19.1. The van der Waals surface area contributed by atoms with Crippen LogP contribution in [0.25, 0.3) is 0 Å². The van der Waals surface area contributed by atoms with Crippen molar-refractivity contribution in [2.24, 2.45) is 0 Å². The molecule has 2 aromatic carbocycles. The van der Waals surface area contributed by atoms with E-state index in [2.05, 4.69) is 11.9 Å². The van der Waals surface area contributed by atoms with Crippen molar-refractivity contribution in [3.05, 3.63) is 66.5 Å². The minimum absolute atomic E-state index is 0.0319. The van der Waals surface area contributed by atoms with Gasteiger partial charge in [0.05, 0.1) is 5.69 Å². The van der Waals surface area contributed by atoms with E-state index in [1.54, 1.807) is 24.3 Å². The van der Waals surface area contributed by atoms with Gasteiger partial charge in [-0.05, 0) is 36.4 Å².